The first-order chi connectivity index (χ1) is 9.97. The number of carbonyl (C=O) groups is 2. The third-order valence-electron chi connectivity index (χ3n) is 3.87. The Morgan fingerprint density at radius 2 is 1.95 bits per heavy atom. The summed E-state index contributed by atoms with van der Waals surface area (Å²) in [6.07, 6.45) is 4.86. The van der Waals surface area contributed by atoms with Gasteiger partial charge in [-0.3, -0.25) is 4.79 Å². The molecule has 1 N–H and O–H groups in total. The minimum atomic E-state index is -0.751. The van der Waals surface area contributed by atoms with Crippen molar-refractivity contribution in [3.05, 3.63) is 21.4 Å². The normalized spacial score (nSPS) is 17.3. The second-order valence-electron chi connectivity index (χ2n) is 5.72. The average molecular weight is 309 g/mol. The molecule has 1 aliphatic carbocycles. The van der Waals surface area contributed by atoms with Crippen LogP contribution in [0.5, 0.6) is 0 Å². The zero-order valence-electron chi connectivity index (χ0n) is 12.9. The van der Waals surface area contributed by atoms with Crippen molar-refractivity contribution in [2.45, 2.75) is 65.0 Å². The number of carbonyl (C=O) groups excluding carboxylic acids is 2. The predicted molar refractivity (Wildman–Crippen MR) is 83.7 cm³/mol. The van der Waals surface area contributed by atoms with Crippen LogP contribution >= 0.6 is 11.3 Å². The molecule has 21 heavy (non-hydrogen) atoms. The van der Waals surface area contributed by atoms with Crippen LogP contribution in [-0.4, -0.2) is 24.0 Å². The molecule has 1 heterocycles. The topological polar surface area (TPSA) is 55.4 Å². The van der Waals surface area contributed by atoms with Gasteiger partial charge >= 0.3 is 5.97 Å². The van der Waals surface area contributed by atoms with Gasteiger partial charge in [-0.25, -0.2) is 4.79 Å². The molecular formula is C16H23NO3S. The largest absolute Gasteiger partial charge is 0.449 e. The molecule has 0 unspecified atom stereocenters. The van der Waals surface area contributed by atoms with Crippen molar-refractivity contribution >= 4 is 23.2 Å². The van der Waals surface area contributed by atoms with E-state index in [1.54, 1.807) is 18.3 Å². The molecule has 0 radical (unpaired) electrons. The highest BCUT2D eigenvalue weighted by molar-refractivity contribution is 7.12. The van der Waals surface area contributed by atoms with Crippen molar-refractivity contribution in [1.29, 1.82) is 0 Å². The minimum absolute atomic E-state index is 0.195. The predicted octanol–water partition coefficient (Wildman–Crippen LogP) is 3.36. The molecule has 1 fully saturated rings. The van der Waals surface area contributed by atoms with Gasteiger partial charge in [-0.15, -0.1) is 11.3 Å². The third-order valence-corrected chi connectivity index (χ3v) is 4.83. The van der Waals surface area contributed by atoms with Crippen LogP contribution in [0.15, 0.2) is 6.07 Å². The number of rotatable bonds is 4. The first kappa shape index (κ1) is 16.0. The molecule has 1 atom stereocenters. The molecule has 0 aliphatic heterocycles. The van der Waals surface area contributed by atoms with E-state index in [0.29, 0.717) is 5.56 Å². The van der Waals surface area contributed by atoms with Gasteiger partial charge < -0.3 is 10.1 Å². The fourth-order valence-electron chi connectivity index (χ4n) is 2.68. The molecule has 116 valence electrons. The van der Waals surface area contributed by atoms with Crippen LogP contribution in [0, 0.1) is 13.8 Å². The second kappa shape index (κ2) is 7.07. The van der Waals surface area contributed by atoms with Crippen LogP contribution in [0.2, 0.25) is 0 Å². The number of ether oxygens (including phenoxy) is 1. The maximum Gasteiger partial charge on any atom is 0.340 e. The summed E-state index contributed by atoms with van der Waals surface area (Å²) in [6.45, 7) is 5.47. The summed E-state index contributed by atoms with van der Waals surface area (Å²) in [5.74, 6) is -0.608. The Morgan fingerprint density at radius 3 is 2.52 bits per heavy atom. The lowest BCUT2D eigenvalue weighted by Crippen LogP contribution is -2.42. The van der Waals surface area contributed by atoms with Gasteiger partial charge in [0, 0.05) is 15.8 Å². The summed E-state index contributed by atoms with van der Waals surface area (Å²) >= 11 is 1.56. The molecule has 5 heteroatoms. The van der Waals surface area contributed by atoms with Crippen molar-refractivity contribution in [3.8, 4) is 0 Å². The highest BCUT2D eigenvalue weighted by atomic mass is 32.1. The molecule has 2 rings (SSSR count). The number of amides is 1. The lowest BCUT2D eigenvalue weighted by atomic mass is 9.95. The fourth-order valence-corrected chi connectivity index (χ4v) is 3.59. The number of esters is 1. The van der Waals surface area contributed by atoms with E-state index < -0.39 is 12.1 Å². The van der Waals surface area contributed by atoms with E-state index in [0.717, 1.165) is 35.4 Å². The standard InChI is InChI=1S/C16H23NO3S/c1-10-9-14(12(3)21-10)16(19)20-11(2)15(18)17-13-7-5-4-6-8-13/h9,11,13H,4-8H2,1-3H3,(H,17,18)/t11-/m0/s1. The van der Waals surface area contributed by atoms with Crippen LogP contribution in [0.3, 0.4) is 0 Å². The van der Waals surface area contributed by atoms with Gasteiger partial charge in [-0.1, -0.05) is 19.3 Å². The first-order valence-corrected chi connectivity index (χ1v) is 8.37. The van der Waals surface area contributed by atoms with Crippen LogP contribution in [-0.2, 0) is 9.53 Å². The Morgan fingerprint density at radius 1 is 1.29 bits per heavy atom. The Bertz CT molecular complexity index is 518. The van der Waals surface area contributed by atoms with E-state index in [9.17, 15) is 9.59 Å². The summed E-state index contributed by atoms with van der Waals surface area (Å²) in [5.41, 5.74) is 0.565. The molecular weight excluding hydrogens is 286 g/mol. The van der Waals surface area contributed by atoms with Crippen molar-refractivity contribution in [3.63, 3.8) is 0 Å². The number of thiophene rings is 1. The molecule has 1 aromatic heterocycles. The second-order valence-corrected chi connectivity index (χ2v) is 7.18. The summed E-state index contributed by atoms with van der Waals surface area (Å²) < 4.78 is 5.29. The highest BCUT2D eigenvalue weighted by Crippen LogP contribution is 2.22. The molecule has 4 nitrogen and oxygen atoms in total. The summed E-state index contributed by atoms with van der Waals surface area (Å²) in [7, 11) is 0. The van der Waals surface area contributed by atoms with Gasteiger partial charge in [0.2, 0.25) is 0 Å². The molecule has 1 aliphatic rings. The van der Waals surface area contributed by atoms with E-state index in [1.165, 1.54) is 6.42 Å². The van der Waals surface area contributed by atoms with Crippen LogP contribution in [0.4, 0.5) is 0 Å². The van der Waals surface area contributed by atoms with Gasteiger partial charge in [-0.05, 0) is 39.7 Å². The maximum absolute atomic E-state index is 12.1. The van der Waals surface area contributed by atoms with Crippen molar-refractivity contribution < 1.29 is 14.3 Å². The van der Waals surface area contributed by atoms with E-state index in [1.807, 2.05) is 19.9 Å². The molecule has 1 aromatic rings. The fraction of sp³-hybridized carbons (Fsp3) is 0.625. The van der Waals surface area contributed by atoms with Crippen LogP contribution < -0.4 is 5.32 Å². The highest BCUT2D eigenvalue weighted by Gasteiger charge is 2.23. The number of hydrogen-bond acceptors (Lipinski definition) is 4. The Labute approximate surface area is 129 Å². The monoisotopic (exact) mass is 309 g/mol. The first-order valence-electron chi connectivity index (χ1n) is 7.55. The zero-order chi connectivity index (χ0) is 15.4. The van der Waals surface area contributed by atoms with Gasteiger partial charge in [0.05, 0.1) is 5.56 Å². The molecule has 0 spiro atoms. The quantitative estimate of drug-likeness (QED) is 0.868. The molecule has 0 aromatic carbocycles. The van der Waals surface area contributed by atoms with E-state index in [2.05, 4.69) is 5.32 Å². The smallest absolute Gasteiger partial charge is 0.340 e. The minimum Gasteiger partial charge on any atom is -0.449 e. The summed E-state index contributed by atoms with van der Waals surface area (Å²) in [4.78, 5) is 26.2. The third kappa shape index (κ3) is 4.30. The van der Waals surface area contributed by atoms with Gasteiger partial charge in [0.25, 0.3) is 5.91 Å². The van der Waals surface area contributed by atoms with Crippen LogP contribution in [0.1, 0.15) is 59.1 Å². The Balaban J connectivity index is 1.87. The Hall–Kier alpha value is -1.36. The molecule has 0 bridgehead atoms. The summed E-state index contributed by atoms with van der Waals surface area (Å²) in [6, 6.07) is 2.05. The molecule has 1 amide bonds. The molecule has 1 saturated carbocycles. The van der Waals surface area contributed by atoms with Gasteiger partial charge in [-0.2, -0.15) is 0 Å². The lowest BCUT2D eigenvalue weighted by molar-refractivity contribution is -0.130. The van der Waals surface area contributed by atoms with E-state index in [-0.39, 0.29) is 11.9 Å². The van der Waals surface area contributed by atoms with Crippen molar-refractivity contribution in [1.82, 2.24) is 5.32 Å². The van der Waals surface area contributed by atoms with Crippen LogP contribution in [0.25, 0.3) is 0 Å². The molecule has 0 saturated heterocycles. The van der Waals surface area contributed by atoms with Gasteiger partial charge in [0.1, 0.15) is 0 Å². The number of nitrogens with one attached hydrogen (secondary N) is 1. The van der Waals surface area contributed by atoms with E-state index in [4.69, 9.17) is 4.74 Å². The van der Waals surface area contributed by atoms with Crippen molar-refractivity contribution in [2.24, 2.45) is 0 Å². The van der Waals surface area contributed by atoms with Crippen molar-refractivity contribution in [2.75, 3.05) is 0 Å². The number of hydrogen-bond donors (Lipinski definition) is 1. The number of aryl methyl sites for hydroxylation is 2. The van der Waals surface area contributed by atoms with E-state index >= 15 is 0 Å². The van der Waals surface area contributed by atoms with Gasteiger partial charge in [0.15, 0.2) is 6.10 Å². The zero-order valence-corrected chi connectivity index (χ0v) is 13.7. The average Bonchev–Trinajstić information content (AvgIpc) is 2.78. The lowest BCUT2D eigenvalue weighted by Gasteiger charge is -2.24. The summed E-state index contributed by atoms with van der Waals surface area (Å²) in [5, 5.41) is 2.98. The SMILES string of the molecule is Cc1cc(C(=O)O[C@@H](C)C(=O)NC2CCCCC2)c(C)s1. The Kier molecular flexibility index (Phi) is 5.39. The maximum atomic E-state index is 12.1.